The Bertz CT molecular complexity index is 1310. The number of halogens is 1. The molecule has 2 aliphatic rings. The molecule has 2 aromatic heterocycles. The summed E-state index contributed by atoms with van der Waals surface area (Å²) >= 11 is 6.29. The minimum Gasteiger partial charge on any atom is -0.395 e. The van der Waals surface area contributed by atoms with Crippen LogP contribution in [0.1, 0.15) is 44.2 Å². The number of aromatic nitrogens is 4. The summed E-state index contributed by atoms with van der Waals surface area (Å²) < 4.78 is 1.92. The molecule has 0 saturated carbocycles. The molecule has 1 unspecified atom stereocenters. The van der Waals surface area contributed by atoms with Gasteiger partial charge in [-0.2, -0.15) is 10.4 Å². The van der Waals surface area contributed by atoms with Gasteiger partial charge < -0.3 is 20.6 Å². The monoisotopic (exact) mass is 520 g/mol. The van der Waals surface area contributed by atoms with Crippen molar-refractivity contribution in [2.75, 3.05) is 43.4 Å². The van der Waals surface area contributed by atoms with Crippen LogP contribution < -0.4 is 10.6 Å². The fourth-order valence-electron chi connectivity index (χ4n) is 5.34. The molecule has 37 heavy (non-hydrogen) atoms. The third-order valence-electron chi connectivity index (χ3n) is 7.53. The second-order valence-electron chi connectivity index (χ2n) is 10.3. The molecule has 194 valence electrons. The number of aliphatic hydroxyl groups excluding tert-OH is 1. The van der Waals surface area contributed by atoms with Crippen molar-refractivity contribution >= 4 is 29.1 Å². The van der Waals surface area contributed by atoms with Gasteiger partial charge in [0.25, 0.3) is 0 Å². The van der Waals surface area contributed by atoms with Crippen LogP contribution in [0.3, 0.4) is 0 Å². The fourth-order valence-corrected chi connectivity index (χ4v) is 5.53. The molecule has 1 saturated heterocycles. The summed E-state index contributed by atoms with van der Waals surface area (Å²) in [5.74, 6) is 1.72. The SMILES string of the molecule is CCCN1CCC(Cn2nc(Cl)cc2Nc2nccc(-c3cc(C#N)c4c(c3)C(C)(CO)CN4)n2)CC1. The standard InChI is InChI=1S/C27H33ClN8O/c1-3-8-35-9-5-18(6-10-35)15-36-24(13-23(28)34-36)33-26-30-7-4-22(32-26)19-11-20(14-29)25-21(12-19)27(2,17-37)16-31-25/h4,7,11-13,18,31,37H,3,5-6,8-10,15-17H2,1-2H3,(H,30,32,33). The first-order valence-electron chi connectivity index (χ1n) is 12.9. The van der Waals surface area contributed by atoms with Crippen molar-refractivity contribution in [3.8, 4) is 17.3 Å². The molecule has 1 fully saturated rings. The molecule has 0 bridgehead atoms. The molecular weight excluding hydrogens is 488 g/mol. The summed E-state index contributed by atoms with van der Waals surface area (Å²) in [6.07, 6.45) is 5.17. The third kappa shape index (κ3) is 5.28. The average Bonchev–Trinajstić information content (AvgIpc) is 3.43. The molecule has 5 rings (SSSR count). The predicted molar refractivity (Wildman–Crippen MR) is 145 cm³/mol. The molecular formula is C27H33ClN8O. The lowest BCUT2D eigenvalue weighted by atomic mass is 9.83. The molecule has 10 heteroatoms. The highest BCUT2D eigenvalue weighted by Crippen LogP contribution is 2.41. The van der Waals surface area contributed by atoms with Crippen LogP contribution in [0.25, 0.3) is 11.3 Å². The number of benzene rings is 1. The first kappa shape index (κ1) is 25.5. The highest BCUT2D eigenvalue weighted by atomic mass is 35.5. The lowest BCUT2D eigenvalue weighted by molar-refractivity contribution is 0.172. The summed E-state index contributed by atoms with van der Waals surface area (Å²) in [7, 11) is 0. The van der Waals surface area contributed by atoms with Crippen LogP contribution >= 0.6 is 11.6 Å². The second kappa shape index (κ2) is 10.7. The number of hydrogen-bond donors (Lipinski definition) is 3. The molecule has 9 nitrogen and oxygen atoms in total. The number of rotatable bonds is 8. The fraction of sp³-hybridized carbons (Fsp3) is 0.481. The van der Waals surface area contributed by atoms with Gasteiger partial charge in [0.05, 0.1) is 23.6 Å². The molecule has 0 amide bonds. The van der Waals surface area contributed by atoms with E-state index in [1.165, 1.54) is 6.42 Å². The van der Waals surface area contributed by atoms with Crippen LogP contribution in [0.5, 0.6) is 0 Å². The van der Waals surface area contributed by atoms with E-state index in [1.54, 1.807) is 12.3 Å². The Balaban J connectivity index is 1.37. The lowest BCUT2D eigenvalue weighted by Gasteiger charge is -2.31. The van der Waals surface area contributed by atoms with E-state index in [1.807, 2.05) is 29.8 Å². The number of nitrogens with zero attached hydrogens (tertiary/aromatic N) is 6. The molecule has 1 atom stereocenters. The summed E-state index contributed by atoms with van der Waals surface area (Å²) in [5.41, 5.74) is 3.27. The van der Waals surface area contributed by atoms with Crippen LogP contribution in [0.2, 0.25) is 5.15 Å². The molecule has 1 aromatic carbocycles. The van der Waals surface area contributed by atoms with Gasteiger partial charge in [-0.1, -0.05) is 25.4 Å². The largest absolute Gasteiger partial charge is 0.395 e. The van der Waals surface area contributed by atoms with Gasteiger partial charge >= 0.3 is 0 Å². The van der Waals surface area contributed by atoms with Gasteiger partial charge in [0.15, 0.2) is 5.15 Å². The molecule has 4 heterocycles. The zero-order valence-electron chi connectivity index (χ0n) is 21.3. The van der Waals surface area contributed by atoms with Crippen molar-refractivity contribution in [2.24, 2.45) is 5.92 Å². The maximum absolute atomic E-state index is 10.0. The normalized spacial score (nSPS) is 19.9. The van der Waals surface area contributed by atoms with Gasteiger partial charge in [0.1, 0.15) is 11.9 Å². The number of fused-ring (bicyclic) bond motifs is 1. The smallest absolute Gasteiger partial charge is 0.228 e. The van der Waals surface area contributed by atoms with Crippen molar-refractivity contribution in [1.82, 2.24) is 24.6 Å². The third-order valence-corrected chi connectivity index (χ3v) is 7.72. The predicted octanol–water partition coefficient (Wildman–Crippen LogP) is 4.41. The summed E-state index contributed by atoms with van der Waals surface area (Å²) in [5, 5.41) is 31.3. The van der Waals surface area contributed by atoms with E-state index < -0.39 is 5.41 Å². The zero-order chi connectivity index (χ0) is 26.0. The van der Waals surface area contributed by atoms with Crippen LogP contribution in [0, 0.1) is 17.2 Å². The molecule has 0 aliphatic carbocycles. The number of likely N-dealkylation sites (tertiary alicyclic amines) is 1. The number of nitrogens with one attached hydrogen (secondary N) is 2. The zero-order valence-corrected chi connectivity index (χ0v) is 22.1. The molecule has 0 spiro atoms. The Morgan fingerprint density at radius 2 is 2.11 bits per heavy atom. The van der Waals surface area contributed by atoms with Gasteiger partial charge in [0.2, 0.25) is 5.95 Å². The minimum atomic E-state index is -0.457. The Hall–Kier alpha value is -3.19. The van der Waals surface area contributed by atoms with Gasteiger partial charge in [-0.25, -0.2) is 14.6 Å². The van der Waals surface area contributed by atoms with Crippen LogP contribution in [0.15, 0.2) is 30.5 Å². The Morgan fingerprint density at radius 1 is 1.30 bits per heavy atom. The number of nitriles is 1. The Morgan fingerprint density at radius 3 is 2.84 bits per heavy atom. The van der Waals surface area contributed by atoms with E-state index in [0.717, 1.165) is 61.7 Å². The summed E-state index contributed by atoms with van der Waals surface area (Å²) in [6.45, 7) is 8.98. The molecule has 3 N–H and O–H groups in total. The Labute approximate surface area is 222 Å². The Kier molecular flexibility index (Phi) is 7.33. The first-order valence-corrected chi connectivity index (χ1v) is 13.3. The van der Waals surface area contributed by atoms with Crippen LogP contribution in [0.4, 0.5) is 17.5 Å². The number of piperidine rings is 1. The van der Waals surface area contributed by atoms with E-state index in [0.29, 0.717) is 34.8 Å². The van der Waals surface area contributed by atoms with Gasteiger partial charge in [-0.3, -0.25) is 0 Å². The molecule has 0 radical (unpaired) electrons. The highest BCUT2D eigenvalue weighted by Gasteiger charge is 2.36. The van der Waals surface area contributed by atoms with Crippen molar-refractivity contribution < 1.29 is 5.11 Å². The second-order valence-corrected chi connectivity index (χ2v) is 10.7. The van der Waals surface area contributed by atoms with Crippen molar-refractivity contribution in [1.29, 1.82) is 5.26 Å². The van der Waals surface area contributed by atoms with E-state index in [9.17, 15) is 10.4 Å². The first-order chi connectivity index (χ1) is 17.9. The van der Waals surface area contributed by atoms with Crippen molar-refractivity contribution in [3.63, 3.8) is 0 Å². The summed E-state index contributed by atoms with van der Waals surface area (Å²) in [4.78, 5) is 11.7. The quantitative estimate of drug-likeness (QED) is 0.400. The average molecular weight is 521 g/mol. The maximum atomic E-state index is 10.0. The van der Waals surface area contributed by atoms with E-state index in [2.05, 4.69) is 38.6 Å². The summed E-state index contributed by atoms with van der Waals surface area (Å²) in [6, 6.07) is 9.73. The topological polar surface area (TPSA) is 115 Å². The number of aliphatic hydroxyl groups is 1. The van der Waals surface area contributed by atoms with E-state index in [4.69, 9.17) is 16.6 Å². The van der Waals surface area contributed by atoms with Crippen molar-refractivity contribution in [2.45, 2.75) is 45.1 Å². The van der Waals surface area contributed by atoms with Gasteiger partial charge in [-0.05, 0) is 68.6 Å². The number of hydrogen-bond acceptors (Lipinski definition) is 8. The minimum absolute atomic E-state index is 0.0136. The highest BCUT2D eigenvalue weighted by molar-refractivity contribution is 6.29. The van der Waals surface area contributed by atoms with Crippen LogP contribution in [-0.2, 0) is 12.0 Å². The maximum Gasteiger partial charge on any atom is 0.228 e. The van der Waals surface area contributed by atoms with Crippen LogP contribution in [-0.4, -0.2) is 62.5 Å². The van der Waals surface area contributed by atoms with Gasteiger partial charge in [-0.15, -0.1) is 0 Å². The molecule has 2 aliphatic heterocycles. The number of anilines is 3. The van der Waals surface area contributed by atoms with E-state index >= 15 is 0 Å². The van der Waals surface area contributed by atoms with E-state index in [-0.39, 0.29) is 6.61 Å². The van der Waals surface area contributed by atoms with Crippen molar-refractivity contribution in [3.05, 3.63) is 46.7 Å². The lowest BCUT2D eigenvalue weighted by Crippen LogP contribution is -2.35. The van der Waals surface area contributed by atoms with Gasteiger partial charge in [0, 0.05) is 36.3 Å². The molecule has 3 aromatic rings.